The number of hydrogen-bond acceptors (Lipinski definition) is 4. The molecule has 0 saturated carbocycles. The van der Waals surface area contributed by atoms with E-state index in [0.29, 0.717) is 0 Å². The fraction of sp³-hybridized carbons (Fsp3) is 0.111. The van der Waals surface area contributed by atoms with E-state index in [-0.39, 0.29) is 12.4 Å². The van der Waals surface area contributed by atoms with Crippen LogP contribution in [0.5, 0.6) is 0 Å². The van der Waals surface area contributed by atoms with E-state index in [1.54, 1.807) is 17.5 Å². The molecule has 1 aromatic carbocycles. The number of carbonyl (C=O) groups excluding carboxylic acids is 1. The van der Waals surface area contributed by atoms with Crippen molar-refractivity contribution in [3.63, 3.8) is 0 Å². The summed E-state index contributed by atoms with van der Waals surface area (Å²) in [5.74, 6) is -0.248. The fourth-order valence-electron chi connectivity index (χ4n) is 2.19. The van der Waals surface area contributed by atoms with Gasteiger partial charge in [-0.2, -0.15) is 0 Å². The molecule has 0 aliphatic rings. The largest absolute Gasteiger partial charge is 0.451 e. The van der Waals surface area contributed by atoms with Gasteiger partial charge in [-0.3, -0.25) is 9.78 Å². The monoisotopic (exact) mass is 309 g/mol. The lowest BCUT2D eigenvalue weighted by Gasteiger charge is -2.17. The smallest absolute Gasteiger partial charge is 0.312 e. The maximum atomic E-state index is 12.2. The summed E-state index contributed by atoms with van der Waals surface area (Å²) in [4.78, 5) is 17.6. The first-order valence-corrected chi connectivity index (χ1v) is 7.88. The van der Waals surface area contributed by atoms with Crippen LogP contribution in [0.1, 0.15) is 22.2 Å². The first-order chi connectivity index (χ1) is 10.8. The molecule has 3 rings (SSSR count). The Hall–Kier alpha value is -2.46. The quantitative estimate of drug-likeness (QED) is 0.668. The second-order valence-corrected chi connectivity index (χ2v) is 5.82. The third kappa shape index (κ3) is 3.59. The van der Waals surface area contributed by atoms with Crippen LogP contribution in [0.3, 0.4) is 0 Å². The number of esters is 1. The van der Waals surface area contributed by atoms with E-state index in [2.05, 4.69) is 4.98 Å². The summed E-state index contributed by atoms with van der Waals surface area (Å²) >= 11 is 1.55. The predicted molar refractivity (Wildman–Crippen MR) is 86.6 cm³/mol. The molecule has 2 heterocycles. The summed E-state index contributed by atoms with van der Waals surface area (Å²) in [5.41, 5.74) is 1.65. The van der Waals surface area contributed by atoms with Crippen molar-refractivity contribution in [1.29, 1.82) is 0 Å². The van der Waals surface area contributed by atoms with E-state index in [9.17, 15) is 4.79 Å². The van der Waals surface area contributed by atoms with Crippen LogP contribution < -0.4 is 0 Å². The Kier molecular flexibility index (Phi) is 4.61. The molecule has 0 N–H and O–H groups in total. The average molecular weight is 309 g/mol. The molecule has 0 aliphatic carbocycles. The van der Waals surface area contributed by atoms with Gasteiger partial charge in [0.25, 0.3) is 0 Å². The maximum absolute atomic E-state index is 12.2. The summed E-state index contributed by atoms with van der Waals surface area (Å²) in [5, 5.41) is 1.95. The number of aromatic nitrogens is 1. The van der Waals surface area contributed by atoms with Gasteiger partial charge < -0.3 is 4.74 Å². The van der Waals surface area contributed by atoms with Crippen LogP contribution in [0, 0.1) is 0 Å². The van der Waals surface area contributed by atoms with Crippen molar-refractivity contribution in [2.75, 3.05) is 0 Å². The minimum absolute atomic E-state index is 0.248. The minimum Gasteiger partial charge on any atom is -0.451 e. The van der Waals surface area contributed by atoms with Crippen LogP contribution in [0.2, 0.25) is 0 Å². The third-order valence-corrected chi connectivity index (χ3v) is 4.08. The van der Waals surface area contributed by atoms with Crippen LogP contribution in [0.15, 0.2) is 72.2 Å². The van der Waals surface area contributed by atoms with E-state index in [4.69, 9.17) is 4.74 Å². The van der Waals surface area contributed by atoms with Crippen molar-refractivity contribution < 1.29 is 9.53 Å². The van der Waals surface area contributed by atoms with Gasteiger partial charge in [0.05, 0.1) is 12.1 Å². The van der Waals surface area contributed by atoms with E-state index in [1.807, 2.05) is 66.0 Å². The highest BCUT2D eigenvalue weighted by Crippen LogP contribution is 2.25. The normalized spacial score (nSPS) is 11.8. The highest BCUT2D eigenvalue weighted by molar-refractivity contribution is 7.10. The molecule has 22 heavy (non-hydrogen) atoms. The van der Waals surface area contributed by atoms with Gasteiger partial charge in [0.2, 0.25) is 0 Å². The molecule has 0 spiro atoms. The molecule has 0 bridgehead atoms. The van der Waals surface area contributed by atoms with Crippen LogP contribution in [0.4, 0.5) is 0 Å². The maximum Gasteiger partial charge on any atom is 0.312 e. The summed E-state index contributed by atoms with van der Waals surface area (Å²) in [6.07, 6.45) is 1.52. The Labute approximate surface area is 133 Å². The van der Waals surface area contributed by atoms with Gasteiger partial charge in [0.1, 0.15) is 0 Å². The van der Waals surface area contributed by atoms with Crippen molar-refractivity contribution in [2.45, 2.75) is 12.5 Å². The first-order valence-electron chi connectivity index (χ1n) is 7.00. The Morgan fingerprint density at radius 1 is 1.05 bits per heavy atom. The summed E-state index contributed by atoms with van der Waals surface area (Å²) < 4.78 is 5.70. The Morgan fingerprint density at radius 2 is 1.86 bits per heavy atom. The number of pyridine rings is 1. The molecule has 1 atom stereocenters. The van der Waals surface area contributed by atoms with Crippen LogP contribution >= 0.6 is 11.3 Å². The van der Waals surface area contributed by atoms with Crippen LogP contribution in [-0.2, 0) is 16.0 Å². The Morgan fingerprint density at radius 3 is 2.55 bits per heavy atom. The number of ether oxygens (including phenoxy) is 1. The number of hydrogen-bond donors (Lipinski definition) is 0. The molecule has 1 unspecified atom stereocenters. The van der Waals surface area contributed by atoms with Gasteiger partial charge >= 0.3 is 5.97 Å². The van der Waals surface area contributed by atoms with E-state index in [0.717, 1.165) is 16.1 Å². The van der Waals surface area contributed by atoms with E-state index in [1.165, 1.54) is 0 Å². The molecule has 110 valence electrons. The zero-order chi connectivity index (χ0) is 15.2. The highest BCUT2D eigenvalue weighted by atomic mass is 32.1. The Balaban J connectivity index is 1.81. The predicted octanol–water partition coefficient (Wildman–Crippen LogP) is 4.02. The van der Waals surface area contributed by atoms with Gasteiger partial charge in [-0.25, -0.2) is 0 Å². The van der Waals surface area contributed by atoms with Crippen molar-refractivity contribution in [2.24, 2.45) is 0 Å². The third-order valence-electron chi connectivity index (χ3n) is 3.21. The summed E-state index contributed by atoms with van der Waals surface area (Å²) in [6.45, 7) is 0. The van der Waals surface area contributed by atoms with Crippen molar-refractivity contribution in [3.05, 3.63) is 88.4 Å². The molecule has 0 saturated heterocycles. The standard InChI is InChI=1S/C18H15NO2S/c20-17(13-15-9-6-12-22-15)21-18(14-7-2-1-3-8-14)16-10-4-5-11-19-16/h1-12,18H,13H2. The molecule has 0 fully saturated rings. The van der Waals surface area contributed by atoms with Crippen molar-refractivity contribution in [3.8, 4) is 0 Å². The lowest BCUT2D eigenvalue weighted by atomic mass is 10.1. The van der Waals surface area contributed by atoms with Gasteiger partial charge in [0, 0.05) is 11.1 Å². The lowest BCUT2D eigenvalue weighted by Crippen LogP contribution is -2.15. The molecule has 0 amide bonds. The highest BCUT2D eigenvalue weighted by Gasteiger charge is 2.20. The van der Waals surface area contributed by atoms with Crippen molar-refractivity contribution in [1.82, 2.24) is 4.98 Å². The van der Waals surface area contributed by atoms with E-state index < -0.39 is 6.10 Å². The van der Waals surface area contributed by atoms with Gasteiger partial charge in [-0.15, -0.1) is 11.3 Å². The fourth-order valence-corrected chi connectivity index (χ4v) is 2.88. The molecule has 0 aliphatic heterocycles. The number of thiophene rings is 1. The molecular formula is C18H15NO2S. The van der Waals surface area contributed by atoms with Crippen molar-refractivity contribution >= 4 is 17.3 Å². The second kappa shape index (κ2) is 7.00. The minimum atomic E-state index is -0.477. The zero-order valence-electron chi connectivity index (χ0n) is 11.9. The molecule has 4 heteroatoms. The first kappa shape index (κ1) is 14.5. The number of benzene rings is 1. The number of nitrogens with zero attached hydrogens (tertiary/aromatic N) is 1. The number of rotatable bonds is 5. The Bertz CT molecular complexity index is 672. The topological polar surface area (TPSA) is 39.2 Å². The molecular weight excluding hydrogens is 294 g/mol. The molecule has 0 radical (unpaired) electrons. The van der Waals surface area contributed by atoms with Gasteiger partial charge in [-0.05, 0) is 29.1 Å². The zero-order valence-corrected chi connectivity index (χ0v) is 12.7. The molecule has 3 aromatic rings. The van der Waals surface area contributed by atoms with Gasteiger partial charge in [0.15, 0.2) is 6.10 Å². The molecule has 3 nitrogen and oxygen atoms in total. The number of carbonyl (C=O) groups is 1. The van der Waals surface area contributed by atoms with Crippen LogP contribution in [0.25, 0.3) is 0 Å². The molecule has 2 aromatic heterocycles. The van der Waals surface area contributed by atoms with Crippen LogP contribution in [-0.4, -0.2) is 11.0 Å². The second-order valence-electron chi connectivity index (χ2n) is 4.79. The van der Waals surface area contributed by atoms with Gasteiger partial charge in [-0.1, -0.05) is 42.5 Å². The average Bonchev–Trinajstić information content (AvgIpc) is 3.07. The summed E-state index contributed by atoms with van der Waals surface area (Å²) in [7, 11) is 0. The summed E-state index contributed by atoms with van der Waals surface area (Å²) in [6, 6.07) is 19.2. The lowest BCUT2D eigenvalue weighted by molar-refractivity contribution is -0.146. The SMILES string of the molecule is O=C(Cc1cccs1)OC(c1ccccc1)c1ccccn1. The van der Waals surface area contributed by atoms with E-state index >= 15 is 0 Å².